The molecular formula is C15H21NO. The van der Waals surface area contributed by atoms with Gasteiger partial charge in [-0.25, -0.2) is 0 Å². The number of aromatic hydroxyl groups is 1. The third kappa shape index (κ3) is 2.32. The number of aryl methyl sites for hydroxylation is 2. The second-order valence-corrected chi connectivity index (χ2v) is 5.52. The van der Waals surface area contributed by atoms with Crippen molar-refractivity contribution in [2.75, 3.05) is 13.1 Å². The molecule has 1 aliphatic heterocycles. The van der Waals surface area contributed by atoms with Gasteiger partial charge in [0.05, 0.1) is 0 Å². The fraction of sp³-hybridized carbons (Fsp3) is 0.600. The molecule has 2 heteroatoms. The van der Waals surface area contributed by atoms with Crippen molar-refractivity contribution < 1.29 is 5.11 Å². The first kappa shape index (κ1) is 11.1. The van der Waals surface area contributed by atoms with E-state index < -0.39 is 0 Å². The molecule has 1 atom stereocenters. The van der Waals surface area contributed by atoms with Gasteiger partial charge < -0.3 is 10.4 Å². The van der Waals surface area contributed by atoms with Crippen LogP contribution in [0.4, 0.5) is 0 Å². The molecule has 0 aromatic heterocycles. The minimum Gasteiger partial charge on any atom is -0.508 e. The quantitative estimate of drug-likeness (QED) is 0.819. The smallest absolute Gasteiger partial charge is 0.119 e. The Hall–Kier alpha value is -1.02. The molecule has 92 valence electrons. The average Bonchev–Trinajstić information content (AvgIpc) is 2.83. The number of fused-ring (bicyclic) bond motifs is 1. The van der Waals surface area contributed by atoms with E-state index in [0.717, 1.165) is 25.9 Å². The van der Waals surface area contributed by atoms with Crippen LogP contribution in [0.15, 0.2) is 12.1 Å². The van der Waals surface area contributed by atoms with E-state index in [1.165, 1.54) is 42.4 Å². The van der Waals surface area contributed by atoms with Crippen molar-refractivity contribution in [1.82, 2.24) is 5.32 Å². The van der Waals surface area contributed by atoms with Crippen molar-refractivity contribution in [3.63, 3.8) is 0 Å². The summed E-state index contributed by atoms with van der Waals surface area (Å²) in [7, 11) is 0. The summed E-state index contributed by atoms with van der Waals surface area (Å²) in [5.41, 5.74) is 4.02. The van der Waals surface area contributed by atoms with Crippen molar-refractivity contribution in [2.45, 2.75) is 38.5 Å². The molecule has 1 heterocycles. The van der Waals surface area contributed by atoms with Crippen LogP contribution in [0.5, 0.6) is 5.75 Å². The van der Waals surface area contributed by atoms with Crippen molar-refractivity contribution >= 4 is 0 Å². The molecule has 1 saturated heterocycles. The number of benzene rings is 1. The van der Waals surface area contributed by atoms with Crippen molar-refractivity contribution in [3.05, 3.63) is 28.8 Å². The minimum absolute atomic E-state index is 0.526. The third-order valence-corrected chi connectivity index (χ3v) is 4.21. The Labute approximate surface area is 103 Å². The van der Waals surface area contributed by atoms with Crippen LogP contribution in [-0.2, 0) is 19.3 Å². The Morgan fingerprint density at radius 1 is 1.18 bits per heavy atom. The van der Waals surface area contributed by atoms with Crippen molar-refractivity contribution in [2.24, 2.45) is 5.92 Å². The normalized spacial score (nSPS) is 23.6. The molecule has 1 unspecified atom stereocenters. The molecule has 0 amide bonds. The van der Waals surface area contributed by atoms with Crippen LogP contribution >= 0.6 is 0 Å². The van der Waals surface area contributed by atoms with Gasteiger partial charge in [-0.05, 0) is 80.3 Å². The molecule has 1 aliphatic carbocycles. The van der Waals surface area contributed by atoms with Crippen LogP contribution < -0.4 is 5.32 Å². The van der Waals surface area contributed by atoms with Crippen LogP contribution in [0, 0.1) is 5.92 Å². The standard InChI is InChI=1S/C15H21NO/c17-15-9-13-4-2-1-3-12(13)8-14(15)7-11-5-6-16-10-11/h8-9,11,16-17H,1-7,10H2. The van der Waals surface area contributed by atoms with E-state index in [2.05, 4.69) is 11.4 Å². The van der Waals surface area contributed by atoms with Crippen LogP contribution in [0.1, 0.15) is 36.0 Å². The number of phenols is 1. The Morgan fingerprint density at radius 3 is 2.65 bits per heavy atom. The summed E-state index contributed by atoms with van der Waals surface area (Å²) >= 11 is 0. The fourth-order valence-corrected chi connectivity index (χ4v) is 3.19. The van der Waals surface area contributed by atoms with E-state index in [1.807, 2.05) is 6.07 Å². The van der Waals surface area contributed by atoms with E-state index in [0.29, 0.717) is 11.7 Å². The van der Waals surface area contributed by atoms with Crippen LogP contribution in [0.25, 0.3) is 0 Å². The average molecular weight is 231 g/mol. The molecular weight excluding hydrogens is 210 g/mol. The summed E-state index contributed by atoms with van der Waals surface area (Å²) in [6.07, 6.45) is 7.21. The number of hydrogen-bond donors (Lipinski definition) is 2. The Balaban J connectivity index is 1.83. The number of phenolic OH excluding ortho intramolecular Hbond substituents is 1. The van der Waals surface area contributed by atoms with Gasteiger partial charge in [-0.2, -0.15) is 0 Å². The first-order valence-electron chi connectivity index (χ1n) is 6.87. The summed E-state index contributed by atoms with van der Waals surface area (Å²) in [5, 5.41) is 13.5. The van der Waals surface area contributed by atoms with Crippen LogP contribution in [0.3, 0.4) is 0 Å². The molecule has 3 rings (SSSR count). The lowest BCUT2D eigenvalue weighted by molar-refractivity contribution is 0.457. The topological polar surface area (TPSA) is 32.3 Å². The summed E-state index contributed by atoms with van der Waals surface area (Å²) < 4.78 is 0. The van der Waals surface area contributed by atoms with Gasteiger partial charge in [0.2, 0.25) is 0 Å². The predicted molar refractivity (Wildman–Crippen MR) is 69.4 cm³/mol. The SMILES string of the molecule is Oc1cc2c(cc1CC1CCNC1)CCCC2. The molecule has 0 saturated carbocycles. The lowest BCUT2D eigenvalue weighted by Crippen LogP contribution is -2.11. The third-order valence-electron chi connectivity index (χ3n) is 4.21. The second kappa shape index (κ2) is 4.69. The maximum Gasteiger partial charge on any atom is 0.119 e. The monoisotopic (exact) mass is 231 g/mol. The van der Waals surface area contributed by atoms with Crippen LogP contribution in [0.2, 0.25) is 0 Å². The first-order valence-corrected chi connectivity index (χ1v) is 6.87. The van der Waals surface area contributed by atoms with E-state index >= 15 is 0 Å². The Bertz CT molecular complexity index is 408. The van der Waals surface area contributed by atoms with E-state index in [4.69, 9.17) is 0 Å². The number of nitrogens with one attached hydrogen (secondary N) is 1. The largest absolute Gasteiger partial charge is 0.508 e. The van der Waals surface area contributed by atoms with Gasteiger partial charge in [-0.15, -0.1) is 0 Å². The zero-order valence-corrected chi connectivity index (χ0v) is 10.3. The Morgan fingerprint density at radius 2 is 1.94 bits per heavy atom. The van der Waals surface area contributed by atoms with Gasteiger partial charge in [-0.3, -0.25) is 0 Å². The first-order chi connectivity index (χ1) is 8.33. The molecule has 0 spiro atoms. The summed E-state index contributed by atoms with van der Waals surface area (Å²) in [6, 6.07) is 4.29. The zero-order chi connectivity index (χ0) is 11.7. The lowest BCUT2D eigenvalue weighted by Gasteiger charge is -2.19. The van der Waals surface area contributed by atoms with Gasteiger partial charge >= 0.3 is 0 Å². The zero-order valence-electron chi connectivity index (χ0n) is 10.3. The molecule has 1 aromatic carbocycles. The molecule has 17 heavy (non-hydrogen) atoms. The van der Waals surface area contributed by atoms with E-state index in [-0.39, 0.29) is 0 Å². The second-order valence-electron chi connectivity index (χ2n) is 5.52. The highest BCUT2D eigenvalue weighted by Crippen LogP contribution is 2.30. The summed E-state index contributed by atoms with van der Waals surface area (Å²) in [5.74, 6) is 1.24. The van der Waals surface area contributed by atoms with E-state index in [1.54, 1.807) is 0 Å². The fourth-order valence-electron chi connectivity index (χ4n) is 3.19. The predicted octanol–water partition coefficient (Wildman–Crippen LogP) is 2.42. The van der Waals surface area contributed by atoms with Crippen molar-refractivity contribution in [3.8, 4) is 5.75 Å². The lowest BCUT2D eigenvalue weighted by atomic mass is 9.87. The highest BCUT2D eigenvalue weighted by Gasteiger charge is 2.18. The molecule has 0 radical (unpaired) electrons. The molecule has 1 aromatic rings. The summed E-state index contributed by atoms with van der Waals surface area (Å²) in [6.45, 7) is 2.24. The molecule has 1 fully saturated rings. The van der Waals surface area contributed by atoms with Gasteiger partial charge in [0.15, 0.2) is 0 Å². The molecule has 2 aliphatic rings. The van der Waals surface area contributed by atoms with Gasteiger partial charge in [0, 0.05) is 0 Å². The van der Waals surface area contributed by atoms with Gasteiger partial charge in [-0.1, -0.05) is 6.07 Å². The molecule has 0 bridgehead atoms. The Kier molecular flexibility index (Phi) is 3.06. The number of rotatable bonds is 2. The molecule has 2 nitrogen and oxygen atoms in total. The maximum absolute atomic E-state index is 10.1. The number of hydrogen-bond acceptors (Lipinski definition) is 2. The van der Waals surface area contributed by atoms with Crippen molar-refractivity contribution in [1.29, 1.82) is 0 Å². The highest BCUT2D eigenvalue weighted by molar-refractivity contribution is 5.43. The van der Waals surface area contributed by atoms with Crippen LogP contribution in [-0.4, -0.2) is 18.2 Å². The minimum atomic E-state index is 0.526. The van der Waals surface area contributed by atoms with E-state index in [9.17, 15) is 5.11 Å². The summed E-state index contributed by atoms with van der Waals surface area (Å²) in [4.78, 5) is 0. The maximum atomic E-state index is 10.1. The molecule has 2 N–H and O–H groups in total. The highest BCUT2D eigenvalue weighted by atomic mass is 16.3. The van der Waals surface area contributed by atoms with Gasteiger partial charge in [0.25, 0.3) is 0 Å². The van der Waals surface area contributed by atoms with Gasteiger partial charge in [0.1, 0.15) is 5.75 Å².